The number of aliphatic imine (C=N–C) groups is 1. The Bertz CT molecular complexity index is 748. The topological polar surface area (TPSA) is 56.7 Å². The molecule has 0 aliphatic carbocycles. The van der Waals surface area contributed by atoms with Gasteiger partial charge >= 0.3 is 0 Å². The number of halogens is 2. The summed E-state index contributed by atoms with van der Waals surface area (Å²) < 4.78 is 1.07. The Labute approximate surface area is 186 Å². The number of amides is 1. The van der Waals surface area contributed by atoms with Crippen molar-refractivity contribution < 1.29 is 4.79 Å². The number of rotatable bonds is 6. The zero-order chi connectivity index (χ0) is 18.9. The lowest BCUT2D eigenvalue weighted by Gasteiger charge is -2.22. The number of carbonyl (C=O) groups is 1. The highest BCUT2D eigenvalue weighted by Gasteiger charge is 2.07. The van der Waals surface area contributed by atoms with E-state index < -0.39 is 0 Å². The summed E-state index contributed by atoms with van der Waals surface area (Å²) in [6.45, 7) is 4.19. The van der Waals surface area contributed by atoms with Crippen LogP contribution in [0.5, 0.6) is 0 Å². The van der Waals surface area contributed by atoms with Gasteiger partial charge < -0.3 is 15.5 Å². The molecule has 0 radical (unpaired) electrons. The summed E-state index contributed by atoms with van der Waals surface area (Å²) in [6, 6.07) is 15.8. The molecule has 0 spiro atoms. The van der Waals surface area contributed by atoms with Crippen molar-refractivity contribution in [3.05, 3.63) is 69.7 Å². The maximum Gasteiger partial charge on any atom is 0.251 e. The fourth-order valence-electron chi connectivity index (χ4n) is 2.48. The minimum atomic E-state index is -0.0809. The standard InChI is InChI=1S/C20H25BrN4O.HI/c1-4-23-20(25(3)14-16-7-11-18(21)12-8-16)24-13-15-5-9-17(10-6-15)19(26)22-2;/h5-12H,4,13-14H2,1-3H3,(H,22,26)(H,23,24);1H. The van der Waals surface area contributed by atoms with E-state index in [0.717, 1.165) is 29.1 Å². The van der Waals surface area contributed by atoms with E-state index >= 15 is 0 Å². The maximum absolute atomic E-state index is 11.6. The molecule has 0 saturated heterocycles. The molecule has 0 aliphatic heterocycles. The highest BCUT2D eigenvalue weighted by Crippen LogP contribution is 2.12. The predicted molar refractivity (Wildman–Crippen MR) is 126 cm³/mol. The van der Waals surface area contributed by atoms with Gasteiger partial charge in [0.25, 0.3) is 5.91 Å². The second-order valence-corrected chi connectivity index (χ2v) is 6.84. The van der Waals surface area contributed by atoms with Gasteiger partial charge in [-0.3, -0.25) is 4.79 Å². The smallest absolute Gasteiger partial charge is 0.251 e. The molecule has 0 unspecified atom stereocenters. The lowest BCUT2D eigenvalue weighted by molar-refractivity contribution is 0.0963. The van der Waals surface area contributed by atoms with Gasteiger partial charge in [0.1, 0.15) is 0 Å². The number of guanidine groups is 1. The Hall–Kier alpha value is -1.61. The molecule has 146 valence electrons. The van der Waals surface area contributed by atoms with E-state index in [2.05, 4.69) is 50.5 Å². The number of nitrogens with one attached hydrogen (secondary N) is 2. The van der Waals surface area contributed by atoms with Gasteiger partial charge in [0.05, 0.1) is 6.54 Å². The highest BCUT2D eigenvalue weighted by molar-refractivity contribution is 14.0. The third-order valence-corrected chi connectivity index (χ3v) is 4.41. The first kappa shape index (κ1) is 23.4. The van der Waals surface area contributed by atoms with Crippen molar-refractivity contribution in [1.82, 2.24) is 15.5 Å². The van der Waals surface area contributed by atoms with Crippen LogP contribution in [0.1, 0.15) is 28.4 Å². The SMILES string of the molecule is CCNC(=NCc1ccc(C(=O)NC)cc1)N(C)Cc1ccc(Br)cc1.I. The van der Waals surface area contributed by atoms with Gasteiger partial charge in [0, 0.05) is 37.2 Å². The van der Waals surface area contributed by atoms with E-state index in [1.54, 1.807) is 7.05 Å². The van der Waals surface area contributed by atoms with Crippen molar-refractivity contribution in [3.63, 3.8) is 0 Å². The average molecular weight is 545 g/mol. The third kappa shape index (κ3) is 7.50. The molecule has 2 aromatic carbocycles. The number of carbonyl (C=O) groups excluding carboxylic acids is 1. The van der Waals surface area contributed by atoms with Gasteiger partial charge in [-0.25, -0.2) is 4.99 Å². The number of hydrogen-bond acceptors (Lipinski definition) is 2. The van der Waals surface area contributed by atoms with Crippen LogP contribution in [0.4, 0.5) is 0 Å². The Kier molecular flexibility index (Phi) is 10.4. The predicted octanol–water partition coefficient (Wildman–Crippen LogP) is 4.02. The Morgan fingerprint density at radius 3 is 2.22 bits per heavy atom. The van der Waals surface area contributed by atoms with Gasteiger partial charge in [-0.2, -0.15) is 0 Å². The summed E-state index contributed by atoms with van der Waals surface area (Å²) in [7, 11) is 3.66. The fraction of sp³-hybridized carbons (Fsp3) is 0.300. The molecule has 0 bridgehead atoms. The average Bonchev–Trinajstić information content (AvgIpc) is 2.66. The van der Waals surface area contributed by atoms with Crippen molar-refractivity contribution in [3.8, 4) is 0 Å². The summed E-state index contributed by atoms with van der Waals surface area (Å²) in [5, 5.41) is 5.95. The zero-order valence-corrected chi connectivity index (χ0v) is 19.7. The maximum atomic E-state index is 11.6. The molecule has 0 aromatic heterocycles. The molecule has 0 fully saturated rings. The van der Waals surface area contributed by atoms with Crippen LogP contribution in [0.2, 0.25) is 0 Å². The van der Waals surface area contributed by atoms with E-state index in [-0.39, 0.29) is 29.9 Å². The van der Waals surface area contributed by atoms with E-state index in [9.17, 15) is 4.79 Å². The monoisotopic (exact) mass is 544 g/mol. The molecule has 0 atom stereocenters. The normalized spacial score (nSPS) is 10.7. The third-order valence-electron chi connectivity index (χ3n) is 3.88. The van der Waals surface area contributed by atoms with E-state index in [1.165, 1.54) is 5.56 Å². The summed E-state index contributed by atoms with van der Waals surface area (Å²) in [6.07, 6.45) is 0. The lowest BCUT2D eigenvalue weighted by Crippen LogP contribution is -2.38. The Morgan fingerprint density at radius 2 is 1.67 bits per heavy atom. The first-order valence-corrected chi connectivity index (χ1v) is 9.37. The largest absolute Gasteiger partial charge is 0.357 e. The quantitative estimate of drug-likeness (QED) is 0.328. The van der Waals surface area contributed by atoms with Crippen LogP contribution in [-0.4, -0.2) is 37.4 Å². The highest BCUT2D eigenvalue weighted by atomic mass is 127. The second kappa shape index (κ2) is 12.0. The Morgan fingerprint density at radius 1 is 1.07 bits per heavy atom. The first-order chi connectivity index (χ1) is 12.5. The van der Waals surface area contributed by atoms with Gasteiger partial charge in [-0.05, 0) is 42.3 Å². The van der Waals surface area contributed by atoms with Crippen LogP contribution in [0, 0.1) is 0 Å². The zero-order valence-electron chi connectivity index (χ0n) is 15.8. The van der Waals surface area contributed by atoms with Crippen LogP contribution in [0.15, 0.2) is 58.0 Å². The molecular weight excluding hydrogens is 519 g/mol. The fourth-order valence-corrected chi connectivity index (χ4v) is 2.74. The van der Waals surface area contributed by atoms with Gasteiger partial charge in [0.15, 0.2) is 5.96 Å². The molecule has 2 rings (SSSR count). The van der Waals surface area contributed by atoms with Crippen molar-refractivity contribution in [2.75, 3.05) is 20.6 Å². The molecule has 27 heavy (non-hydrogen) atoms. The van der Waals surface area contributed by atoms with Crippen molar-refractivity contribution in [2.24, 2.45) is 4.99 Å². The first-order valence-electron chi connectivity index (χ1n) is 8.58. The van der Waals surface area contributed by atoms with E-state index in [4.69, 9.17) is 4.99 Å². The number of nitrogens with zero attached hydrogens (tertiary/aromatic N) is 2. The molecule has 0 heterocycles. The molecule has 2 aromatic rings. The molecule has 1 amide bonds. The van der Waals surface area contributed by atoms with Crippen molar-refractivity contribution in [1.29, 1.82) is 0 Å². The summed E-state index contributed by atoms with van der Waals surface area (Å²) in [5.41, 5.74) is 2.93. The van der Waals surface area contributed by atoms with Gasteiger partial charge in [-0.15, -0.1) is 24.0 Å². The summed E-state index contributed by atoms with van der Waals surface area (Å²) in [5.74, 6) is 0.772. The van der Waals surface area contributed by atoms with E-state index in [1.807, 2.05) is 43.4 Å². The van der Waals surface area contributed by atoms with Crippen LogP contribution in [-0.2, 0) is 13.1 Å². The molecule has 0 aliphatic rings. The van der Waals surface area contributed by atoms with Crippen LogP contribution >= 0.6 is 39.9 Å². The number of benzene rings is 2. The second-order valence-electron chi connectivity index (χ2n) is 5.93. The lowest BCUT2D eigenvalue weighted by atomic mass is 10.1. The molecular formula is C20H26BrIN4O. The molecule has 7 heteroatoms. The van der Waals surface area contributed by atoms with Crippen molar-refractivity contribution in [2.45, 2.75) is 20.0 Å². The van der Waals surface area contributed by atoms with Crippen LogP contribution in [0.25, 0.3) is 0 Å². The van der Waals surface area contributed by atoms with Crippen LogP contribution in [0.3, 0.4) is 0 Å². The van der Waals surface area contributed by atoms with E-state index in [0.29, 0.717) is 12.1 Å². The molecule has 2 N–H and O–H groups in total. The summed E-state index contributed by atoms with van der Waals surface area (Å²) >= 11 is 3.46. The molecule has 0 saturated carbocycles. The minimum absolute atomic E-state index is 0. The van der Waals surface area contributed by atoms with Crippen molar-refractivity contribution >= 4 is 51.8 Å². The Balaban J connectivity index is 0.00000364. The summed E-state index contributed by atoms with van der Waals surface area (Å²) in [4.78, 5) is 18.4. The number of hydrogen-bond donors (Lipinski definition) is 2. The minimum Gasteiger partial charge on any atom is -0.357 e. The molecule has 5 nitrogen and oxygen atoms in total. The van der Waals surface area contributed by atoms with Gasteiger partial charge in [0.2, 0.25) is 0 Å². The van der Waals surface area contributed by atoms with Crippen LogP contribution < -0.4 is 10.6 Å². The van der Waals surface area contributed by atoms with Gasteiger partial charge in [-0.1, -0.05) is 40.2 Å².